The molecule has 0 radical (unpaired) electrons. The number of nitrogens with zero attached hydrogens (tertiary/aromatic N) is 2. The zero-order valence-electron chi connectivity index (χ0n) is 10.7. The summed E-state index contributed by atoms with van der Waals surface area (Å²) in [6, 6.07) is 9.72. The lowest BCUT2D eigenvalue weighted by Crippen LogP contribution is -2.31. The van der Waals surface area contributed by atoms with E-state index in [1.165, 1.54) is 11.8 Å². The number of guanidine groups is 2. The average molecular weight is 283 g/mol. The molecule has 1 aromatic carbocycles. The lowest BCUT2D eigenvalue weighted by Gasteiger charge is -2.24. The van der Waals surface area contributed by atoms with Crippen LogP contribution >= 0.6 is 8.53 Å². The maximum Gasteiger partial charge on any atom is 0.289 e. The number of nitrogens with two attached hydrogens (primary N) is 2. The first-order chi connectivity index (χ1) is 9.04. The molecule has 1 unspecified atom stereocenters. The van der Waals surface area contributed by atoms with Crippen molar-refractivity contribution in [2.45, 2.75) is 6.42 Å². The quantitative estimate of drug-likeness (QED) is 0.358. The molecule has 0 spiro atoms. The molecule has 1 atom stereocenters. The largest absolute Gasteiger partial charge is 0.370 e. The summed E-state index contributed by atoms with van der Waals surface area (Å²) in [5, 5.41) is 7.73. The van der Waals surface area contributed by atoms with Gasteiger partial charge >= 0.3 is 0 Å². The molecule has 0 amide bonds. The number of aliphatic imine (C=N–C) groups is 1. The fraction of sp³-hybridized carbons (Fsp3) is 0.273. The molecule has 0 heterocycles. The van der Waals surface area contributed by atoms with Gasteiger partial charge < -0.3 is 20.9 Å². The smallest absolute Gasteiger partial charge is 0.289 e. The van der Waals surface area contributed by atoms with Crippen molar-refractivity contribution >= 4 is 20.4 Å². The highest BCUT2D eigenvalue weighted by Crippen LogP contribution is 2.35. The van der Waals surface area contributed by atoms with E-state index in [-0.39, 0.29) is 11.9 Å². The Morgan fingerprint density at radius 2 is 2.05 bits per heavy atom. The first-order valence-electron chi connectivity index (χ1n) is 5.57. The molecular weight excluding hydrogens is 265 g/mol. The summed E-state index contributed by atoms with van der Waals surface area (Å²) in [7, 11) is -0.552. The van der Waals surface area contributed by atoms with Crippen LogP contribution in [0.5, 0.6) is 0 Å². The number of benzene rings is 1. The number of hydrogen-bond donors (Lipinski definition) is 4. The van der Waals surface area contributed by atoms with Crippen LogP contribution in [0.2, 0.25) is 0 Å². The van der Waals surface area contributed by atoms with Crippen molar-refractivity contribution in [1.29, 1.82) is 5.41 Å². The molecule has 19 heavy (non-hydrogen) atoms. The second-order valence-corrected chi connectivity index (χ2v) is 5.01. The molecule has 0 saturated heterocycles. The van der Waals surface area contributed by atoms with Crippen LogP contribution in [0.1, 0.15) is 5.56 Å². The Hall–Kier alpha value is -1.69. The molecule has 6 N–H and O–H groups in total. The van der Waals surface area contributed by atoms with Crippen LogP contribution in [0.15, 0.2) is 35.3 Å². The van der Waals surface area contributed by atoms with Gasteiger partial charge in [-0.25, -0.2) is 0 Å². The Kier molecular flexibility index (Phi) is 6.21. The van der Waals surface area contributed by atoms with Crippen LogP contribution < -0.4 is 11.5 Å². The van der Waals surface area contributed by atoms with Gasteiger partial charge in [0.25, 0.3) is 8.53 Å². The van der Waals surface area contributed by atoms with Crippen molar-refractivity contribution < 1.29 is 9.42 Å². The molecule has 104 valence electrons. The molecule has 0 fully saturated rings. The Labute approximate surface area is 113 Å². The van der Waals surface area contributed by atoms with Gasteiger partial charge in [0.05, 0.1) is 0 Å². The number of rotatable bonds is 5. The van der Waals surface area contributed by atoms with Crippen LogP contribution in [-0.4, -0.2) is 35.1 Å². The highest BCUT2D eigenvalue weighted by Gasteiger charge is 2.19. The maximum absolute atomic E-state index is 9.76. The van der Waals surface area contributed by atoms with Gasteiger partial charge in [-0.3, -0.25) is 10.1 Å². The van der Waals surface area contributed by atoms with Crippen molar-refractivity contribution in [1.82, 2.24) is 4.67 Å². The summed E-state index contributed by atoms with van der Waals surface area (Å²) in [6.45, 7) is 0.385. The minimum absolute atomic E-state index is 0.216. The summed E-state index contributed by atoms with van der Waals surface area (Å²) < 4.78 is 6.18. The van der Waals surface area contributed by atoms with E-state index in [2.05, 4.69) is 4.99 Å². The molecular formula is C11H18N5O2P. The summed E-state index contributed by atoms with van der Waals surface area (Å²) in [6.07, 6.45) is 0.645. The molecule has 8 heteroatoms. The third-order valence-corrected chi connectivity index (χ3v) is 3.43. The van der Waals surface area contributed by atoms with Gasteiger partial charge in [-0.2, -0.15) is 4.99 Å². The normalized spacial score (nSPS) is 11.7. The van der Waals surface area contributed by atoms with Gasteiger partial charge in [0.1, 0.15) is 0 Å². The van der Waals surface area contributed by atoms with E-state index >= 15 is 0 Å². The Balaban J connectivity index is 2.70. The van der Waals surface area contributed by atoms with Crippen LogP contribution in [0.3, 0.4) is 0 Å². The van der Waals surface area contributed by atoms with Gasteiger partial charge in [0.15, 0.2) is 5.96 Å². The van der Waals surface area contributed by atoms with E-state index in [0.717, 1.165) is 5.56 Å². The summed E-state index contributed by atoms with van der Waals surface area (Å²) >= 11 is 0. The molecule has 1 aromatic rings. The second kappa shape index (κ2) is 7.68. The highest BCUT2D eigenvalue weighted by molar-refractivity contribution is 7.44. The summed E-state index contributed by atoms with van der Waals surface area (Å²) in [5.74, 6) is -0.444. The van der Waals surface area contributed by atoms with E-state index in [9.17, 15) is 4.89 Å². The predicted molar refractivity (Wildman–Crippen MR) is 76.5 cm³/mol. The Morgan fingerprint density at radius 1 is 1.42 bits per heavy atom. The van der Waals surface area contributed by atoms with Crippen LogP contribution in [0, 0.1) is 5.41 Å². The van der Waals surface area contributed by atoms with Crippen molar-refractivity contribution in [2.75, 3.05) is 13.7 Å². The third-order valence-electron chi connectivity index (χ3n) is 2.30. The van der Waals surface area contributed by atoms with Gasteiger partial charge in [-0.05, 0) is 12.0 Å². The van der Waals surface area contributed by atoms with Crippen LogP contribution in [0.25, 0.3) is 0 Å². The minimum atomic E-state index is -1.92. The number of hydrogen-bond acceptors (Lipinski definition) is 3. The minimum Gasteiger partial charge on any atom is -0.370 e. The van der Waals surface area contributed by atoms with E-state index in [4.69, 9.17) is 21.4 Å². The maximum atomic E-state index is 9.76. The number of nitrogens with one attached hydrogen (secondary N) is 1. The van der Waals surface area contributed by atoms with Gasteiger partial charge in [0.2, 0.25) is 5.96 Å². The second-order valence-electron chi connectivity index (χ2n) is 3.65. The van der Waals surface area contributed by atoms with Crippen molar-refractivity contribution in [3.05, 3.63) is 35.9 Å². The van der Waals surface area contributed by atoms with Crippen LogP contribution in [-0.2, 0) is 10.9 Å². The monoisotopic (exact) mass is 283 g/mol. The molecule has 1 rings (SSSR count). The molecule has 0 saturated carbocycles. The van der Waals surface area contributed by atoms with Gasteiger partial charge in [-0.15, -0.1) is 0 Å². The lowest BCUT2D eigenvalue weighted by atomic mass is 10.1. The topological polar surface area (TPSA) is 121 Å². The molecule has 0 bridgehead atoms. The SMILES string of the molecule is COP(O)N(CCc1ccccc1)C(=N)N=C(N)N. The molecule has 0 aliphatic carbocycles. The first-order valence-corrected chi connectivity index (χ1v) is 6.73. The summed E-state index contributed by atoms with van der Waals surface area (Å²) in [5.41, 5.74) is 11.5. The standard InChI is InChI=1S/C11H18N5O2P/c1-18-19(17)16(11(14)15-10(12)13)8-7-9-5-3-2-4-6-9/h2-6,17H,7-8H2,1H3,(H5,12,13,14,15). The molecule has 0 aromatic heterocycles. The first kappa shape index (κ1) is 15.4. The van der Waals surface area contributed by atoms with E-state index < -0.39 is 8.53 Å². The Bertz CT molecular complexity index is 436. The van der Waals surface area contributed by atoms with Gasteiger partial charge in [-0.1, -0.05) is 30.3 Å². The zero-order chi connectivity index (χ0) is 14.3. The average Bonchev–Trinajstić information content (AvgIpc) is 2.39. The zero-order valence-corrected chi connectivity index (χ0v) is 11.5. The molecule has 0 aliphatic heterocycles. The fourth-order valence-corrected chi connectivity index (χ4v) is 2.11. The third kappa shape index (κ3) is 5.21. The lowest BCUT2D eigenvalue weighted by molar-refractivity contribution is 0.344. The van der Waals surface area contributed by atoms with Gasteiger partial charge in [0, 0.05) is 13.7 Å². The van der Waals surface area contributed by atoms with Crippen LogP contribution in [0.4, 0.5) is 0 Å². The molecule has 0 aliphatic rings. The fourth-order valence-electron chi connectivity index (χ4n) is 1.43. The Morgan fingerprint density at radius 3 is 2.58 bits per heavy atom. The van der Waals surface area contributed by atoms with Crippen molar-refractivity contribution in [3.8, 4) is 0 Å². The summed E-state index contributed by atoms with van der Waals surface area (Å²) in [4.78, 5) is 13.4. The van der Waals surface area contributed by atoms with Crippen molar-refractivity contribution in [2.24, 2.45) is 16.5 Å². The molecule has 7 nitrogen and oxygen atoms in total. The van der Waals surface area contributed by atoms with E-state index in [1.807, 2.05) is 30.3 Å². The predicted octanol–water partition coefficient (Wildman–Crippen LogP) is 0.605. The van der Waals surface area contributed by atoms with Crippen molar-refractivity contribution in [3.63, 3.8) is 0 Å². The highest BCUT2D eigenvalue weighted by atomic mass is 31.2. The van der Waals surface area contributed by atoms with E-state index in [1.54, 1.807) is 0 Å². The van der Waals surface area contributed by atoms with E-state index in [0.29, 0.717) is 13.0 Å².